The maximum atomic E-state index is 14.1. The number of ether oxygens (including phenoxy) is 2. The first-order chi connectivity index (χ1) is 15.9. The number of carbonyl (C=O) groups excluding carboxylic acids is 1. The molecular weight excluding hydrogens is 449 g/mol. The second-order valence-corrected chi connectivity index (χ2v) is 14.9. The summed E-state index contributed by atoms with van der Waals surface area (Å²) in [6.45, 7) is 14.3. The molecule has 0 unspecified atom stereocenters. The summed E-state index contributed by atoms with van der Waals surface area (Å²) >= 11 is 0. The minimum absolute atomic E-state index is 0.0877. The molecule has 1 amide bonds. The van der Waals surface area contributed by atoms with Crippen LogP contribution in [0.15, 0.2) is 36.4 Å². The first-order valence-corrected chi connectivity index (χ1v) is 14.7. The third kappa shape index (κ3) is 7.06. The smallest absolute Gasteiger partial charge is 0.254 e. The van der Waals surface area contributed by atoms with Gasteiger partial charge in [0.1, 0.15) is 17.3 Å². The molecule has 0 fully saturated rings. The molecule has 0 aliphatic heterocycles. The normalized spacial score (nSPS) is 11.9. The Morgan fingerprint density at radius 2 is 1.62 bits per heavy atom. The van der Waals surface area contributed by atoms with E-state index < -0.39 is 8.32 Å². The number of aryl methyl sites for hydroxylation is 1. The number of hydrogen-bond acceptors (Lipinski definition) is 4. The summed E-state index contributed by atoms with van der Waals surface area (Å²) in [4.78, 5) is 15.3. The molecule has 0 spiro atoms. The summed E-state index contributed by atoms with van der Waals surface area (Å²) in [5, 5.41) is 0.0877. The van der Waals surface area contributed by atoms with Crippen LogP contribution in [0.25, 0.3) is 0 Å². The molecule has 0 bridgehead atoms. The molecule has 2 aromatic carbocycles. The molecule has 0 aliphatic rings. The summed E-state index contributed by atoms with van der Waals surface area (Å²) < 4.78 is 31.3. The average Bonchev–Trinajstić information content (AvgIpc) is 2.78. The van der Waals surface area contributed by atoms with Gasteiger partial charge < -0.3 is 18.8 Å². The molecule has 2 rings (SSSR count). The quantitative estimate of drug-likeness (QED) is 0.350. The van der Waals surface area contributed by atoms with E-state index in [0.717, 1.165) is 5.56 Å². The van der Waals surface area contributed by atoms with E-state index in [4.69, 9.17) is 13.9 Å². The zero-order chi connectivity index (χ0) is 25.5. The van der Waals surface area contributed by atoms with Crippen molar-refractivity contribution in [1.82, 2.24) is 4.90 Å². The van der Waals surface area contributed by atoms with Crippen molar-refractivity contribution < 1.29 is 23.1 Å². The highest BCUT2D eigenvalue weighted by Gasteiger charge is 2.37. The van der Waals surface area contributed by atoms with Gasteiger partial charge >= 0.3 is 0 Å². The van der Waals surface area contributed by atoms with Gasteiger partial charge in [0.2, 0.25) is 0 Å². The number of methoxy groups -OCH3 is 2. The average molecular weight is 490 g/mol. The minimum Gasteiger partial charge on any atom is -0.496 e. The first-order valence-electron chi connectivity index (χ1n) is 11.8. The van der Waals surface area contributed by atoms with Crippen LogP contribution in [0, 0.1) is 12.7 Å². The number of nitrogens with zero attached hydrogens (tertiary/aromatic N) is 1. The standard InChI is InChI=1S/C27H40FNO4Si/c1-20-24(31-5)18-22(19-25(20)32-6)26(30)29(16-17-33-34(7,8)27(2,3)4)15-11-13-21-12-9-10-14-23(21)28/h9-10,12,14,18-19H,11,13,15-17H2,1-8H3. The van der Waals surface area contributed by atoms with Gasteiger partial charge in [0, 0.05) is 24.2 Å². The Morgan fingerprint density at radius 1 is 1.03 bits per heavy atom. The zero-order valence-corrected chi connectivity index (χ0v) is 23.0. The maximum absolute atomic E-state index is 14.1. The molecule has 0 atom stereocenters. The third-order valence-corrected chi connectivity index (χ3v) is 11.3. The van der Waals surface area contributed by atoms with Crippen molar-refractivity contribution >= 4 is 14.2 Å². The molecule has 2 aromatic rings. The van der Waals surface area contributed by atoms with Crippen molar-refractivity contribution in [2.24, 2.45) is 0 Å². The molecule has 34 heavy (non-hydrogen) atoms. The summed E-state index contributed by atoms with van der Waals surface area (Å²) in [7, 11) is 1.22. The predicted molar refractivity (Wildman–Crippen MR) is 138 cm³/mol. The number of carbonyl (C=O) groups is 1. The molecule has 0 aliphatic carbocycles. The van der Waals surface area contributed by atoms with Crippen LogP contribution in [0.3, 0.4) is 0 Å². The lowest BCUT2D eigenvalue weighted by atomic mass is 10.1. The van der Waals surface area contributed by atoms with Crippen molar-refractivity contribution in [3.8, 4) is 11.5 Å². The number of rotatable bonds is 11. The van der Waals surface area contributed by atoms with E-state index in [0.29, 0.717) is 55.2 Å². The molecule has 0 saturated carbocycles. The topological polar surface area (TPSA) is 48.0 Å². The van der Waals surface area contributed by atoms with Gasteiger partial charge in [-0.15, -0.1) is 0 Å². The summed E-state index contributed by atoms with van der Waals surface area (Å²) in [5.41, 5.74) is 2.00. The Morgan fingerprint density at radius 3 is 2.15 bits per heavy atom. The molecule has 0 aromatic heterocycles. The number of amides is 1. The van der Waals surface area contributed by atoms with Gasteiger partial charge in [0.05, 0.1) is 20.8 Å². The maximum Gasteiger partial charge on any atom is 0.254 e. The molecule has 0 heterocycles. The second-order valence-electron chi connectivity index (χ2n) is 10.1. The highest BCUT2D eigenvalue weighted by atomic mass is 28.4. The predicted octanol–water partition coefficient (Wildman–Crippen LogP) is 6.25. The van der Waals surface area contributed by atoms with Crippen LogP contribution < -0.4 is 9.47 Å². The lowest BCUT2D eigenvalue weighted by Gasteiger charge is -2.37. The van der Waals surface area contributed by atoms with Gasteiger partial charge in [-0.2, -0.15) is 0 Å². The van der Waals surface area contributed by atoms with Crippen LogP contribution >= 0.6 is 0 Å². The van der Waals surface area contributed by atoms with E-state index in [1.807, 2.05) is 13.0 Å². The van der Waals surface area contributed by atoms with E-state index in [9.17, 15) is 9.18 Å². The van der Waals surface area contributed by atoms with Crippen LogP contribution in [0.4, 0.5) is 4.39 Å². The van der Waals surface area contributed by atoms with Crippen molar-refractivity contribution in [3.05, 3.63) is 58.9 Å². The molecule has 7 heteroatoms. The summed E-state index contributed by atoms with van der Waals surface area (Å²) in [6.07, 6.45) is 1.20. The van der Waals surface area contributed by atoms with Crippen LogP contribution in [0.2, 0.25) is 18.1 Å². The van der Waals surface area contributed by atoms with Gasteiger partial charge in [0.15, 0.2) is 8.32 Å². The molecule has 0 N–H and O–H groups in total. The fraction of sp³-hybridized carbons (Fsp3) is 0.519. The zero-order valence-electron chi connectivity index (χ0n) is 22.0. The third-order valence-electron chi connectivity index (χ3n) is 6.75. The van der Waals surface area contributed by atoms with E-state index >= 15 is 0 Å². The molecular formula is C27H40FNO4Si. The largest absolute Gasteiger partial charge is 0.496 e. The summed E-state index contributed by atoms with van der Waals surface area (Å²) in [5.74, 6) is 0.872. The number of benzene rings is 2. The lowest BCUT2D eigenvalue weighted by molar-refractivity contribution is 0.0722. The van der Waals surface area contributed by atoms with E-state index in [2.05, 4.69) is 33.9 Å². The minimum atomic E-state index is -1.94. The van der Waals surface area contributed by atoms with Crippen molar-refractivity contribution in [2.45, 2.75) is 58.7 Å². The van der Waals surface area contributed by atoms with Crippen molar-refractivity contribution in [2.75, 3.05) is 33.9 Å². The van der Waals surface area contributed by atoms with Crippen LogP contribution in [-0.4, -0.2) is 53.0 Å². The van der Waals surface area contributed by atoms with Crippen LogP contribution in [0.5, 0.6) is 11.5 Å². The van der Waals surface area contributed by atoms with E-state index in [1.54, 1.807) is 43.4 Å². The Kier molecular flexibility index (Phi) is 9.70. The van der Waals surface area contributed by atoms with Gasteiger partial charge in [-0.1, -0.05) is 39.0 Å². The molecule has 0 radical (unpaired) electrons. The number of halogens is 1. The second kappa shape index (κ2) is 11.8. The van der Waals surface area contributed by atoms with Crippen LogP contribution in [-0.2, 0) is 10.8 Å². The van der Waals surface area contributed by atoms with Crippen molar-refractivity contribution in [3.63, 3.8) is 0 Å². The molecule has 5 nitrogen and oxygen atoms in total. The van der Waals surface area contributed by atoms with Gasteiger partial charge in [-0.25, -0.2) is 4.39 Å². The Bertz CT molecular complexity index is 946. The Hall–Kier alpha value is -2.38. The SMILES string of the molecule is COc1cc(C(=O)N(CCCc2ccccc2F)CCO[Si](C)(C)C(C)(C)C)cc(OC)c1C. The van der Waals surface area contributed by atoms with Gasteiger partial charge in [0.25, 0.3) is 5.91 Å². The van der Waals surface area contributed by atoms with Gasteiger partial charge in [-0.05, 0) is 61.7 Å². The fourth-order valence-corrected chi connectivity index (χ4v) is 4.53. The molecule has 188 valence electrons. The summed E-state index contributed by atoms with van der Waals surface area (Å²) in [6, 6.07) is 10.3. The lowest BCUT2D eigenvalue weighted by Crippen LogP contribution is -2.43. The van der Waals surface area contributed by atoms with Gasteiger partial charge in [-0.3, -0.25) is 4.79 Å². The fourth-order valence-electron chi connectivity index (χ4n) is 3.50. The van der Waals surface area contributed by atoms with Crippen LogP contribution in [0.1, 0.15) is 48.7 Å². The highest BCUT2D eigenvalue weighted by molar-refractivity contribution is 6.74. The monoisotopic (exact) mass is 489 g/mol. The van der Waals surface area contributed by atoms with Crippen molar-refractivity contribution in [1.29, 1.82) is 0 Å². The molecule has 0 saturated heterocycles. The Labute approximate surface area is 205 Å². The Balaban J connectivity index is 2.21. The highest BCUT2D eigenvalue weighted by Crippen LogP contribution is 2.36. The number of hydrogen-bond donors (Lipinski definition) is 0. The first kappa shape index (κ1) is 27.9. The van der Waals surface area contributed by atoms with E-state index in [-0.39, 0.29) is 16.8 Å². The van der Waals surface area contributed by atoms with E-state index in [1.165, 1.54) is 6.07 Å².